The molecule has 0 spiro atoms. The molecule has 0 aliphatic carbocycles. The molecule has 0 bridgehead atoms. The molecule has 0 atom stereocenters. The van der Waals surface area contributed by atoms with Crippen LogP contribution in [-0.2, 0) is 25.7 Å². The first-order valence-electron chi connectivity index (χ1n) is 8.08. The SMILES string of the molecule is CC1(C)OC(=O)C(=Cc2ccc(COc3cc(F)cc(F)c3)cc2)C(=O)O1. The number of ether oxygens (including phenoxy) is 3. The van der Waals surface area contributed by atoms with Crippen molar-refractivity contribution in [2.24, 2.45) is 0 Å². The minimum Gasteiger partial charge on any atom is -0.489 e. The van der Waals surface area contributed by atoms with Gasteiger partial charge in [0.05, 0.1) is 0 Å². The second-order valence-corrected chi connectivity index (χ2v) is 6.37. The van der Waals surface area contributed by atoms with Crippen LogP contribution >= 0.6 is 0 Å². The predicted molar refractivity (Wildman–Crippen MR) is 91.4 cm³/mol. The van der Waals surface area contributed by atoms with Crippen LogP contribution in [0.1, 0.15) is 25.0 Å². The van der Waals surface area contributed by atoms with E-state index >= 15 is 0 Å². The molecule has 1 fully saturated rings. The summed E-state index contributed by atoms with van der Waals surface area (Å²) in [4.78, 5) is 23.9. The third-order valence-corrected chi connectivity index (χ3v) is 3.65. The van der Waals surface area contributed by atoms with Gasteiger partial charge in [-0.15, -0.1) is 0 Å². The highest BCUT2D eigenvalue weighted by Crippen LogP contribution is 2.24. The molecule has 5 nitrogen and oxygen atoms in total. The summed E-state index contributed by atoms with van der Waals surface area (Å²) in [6.45, 7) is 3.04. The molecule has 0 aromatic heterocycles. The third-order valence-electron chi connectivity index (χ3n) is 3.65. The summed E-state index contributed by atoms with van der Waals surface area (Å²) in [5, 5.41) is 0. The van der Waals surface area contributed by atoms with Gasteiger partial charge in [-0.1, -0.05) is 24.3 Å². The van der Waals surface area contributed by atoms with Gasteiger partial charge in [-0.25, -0.2) is 18.4 Å². The molecule has 0 N–H and O–H groups in total. The molecule has 0 radical (unpaired) electrons. The van der Waals surface area contributed by atoms with Crippen molar-refractivity contribution in [3.63, 3.8) is 0 Å². The summed E-state index contributed by atoms with van der Waals surface area (Å²) in [6.07, 6.45) is 1.37. The minimum absolute atomic E-state index is 0.0778. The van der Waals surface area contributed by atoms with E-state index in [-0.39, 0.29) is 17.9 Å². The van der Waals surface area contributed by atoms with Gasteiger partial charge in [-0.3, -0.25) is 0 Å². The van der Waals surface area contributed by atoms with E-state index in [4.69, 9.17) is 14.2 Å². The second kappa shape index (κ2) is 7.19. The lowest BCUT2D eigenvalue weighted by Crippen LogP contribution is -2.41. The fourth-order valence-corrected chi connectivity index (χ4v) is 2.43. The van der Waals surface area contributed by atoms with Crippen molar-refractivity contribution in [2.45, 2.75) is 26.2 Å². The van der Waals surface area contributed by atoms with Crippen LogP contribution in [0.3, 0.4) is 0 Å². The summed E-state index contributed by atoms with van der Waals surface area (Å²) in [5.74, 6) is -4.16. The molecule has 27 heavy (non-hydrogen) atoms. The Morgan fingerprint density at radius 2 is 1.52 bits per heavy atom. The van der Waals surface area contributed by atoms with E-state index in [2.05, 4.69) is 0 Å². The molecule has 2 aromatic carbocycles. The number of halogens is 2. The fourth-order valence-electron chi connectivity index (χ4n) is 2.43. The van der Waals surface area contributed by atoms with E-state index in [1.54, 1.807) is 24.3 Å². The number of hydrogen-bond donors (Lipinski definition) is 0. The summed E-state index contributed by atoms with van der Waals surface area (Å²) >= 11 is 0. The summed E-state index contributed by atoms with van der Waals surface area (Å²) in [6, 6.07) is 9.66. The van der Waals surface area contributed by atoms with Crippen molar-refractivity contribution in [2.75, 3.05) is 0 Å². The number of benzene rings is 2. The monoisotopic (exact) mass is 374 g/mol. The number of esters is 2. The van der Waals surface area contributed by atoms with Gasteiger partial charge in [0, 0.05) is 32.0 Å². The average molecular weight is 374 g/mol. The Kier molecular flexibility index (Phi) is 4.94. The molecule has 0 saturated carbocycles. The van der Waals surface area contributed by atoms with Crippen LogP contribution in [0.2, 0.25) is 0 Å². The van der Waals surface area contributed by atoms with Crippen molar-refractivity contribution in [3.8, 4) is 5.75 Å². The largest absolute Gasteiger partial charge is 0.489 e. The quantitative estimate of drug-likeness (QED) is 0.463. The normalized spacial score (nSPS) is 15.8. The zero-order chi connectivity index (χ0) is 19.6. The molecule has 3 rings (SSSR count). The Labute approximate surface area is 154 Å². The van der Waals surface area contributed by atoms with Gasteiger partial charge >= 0.3 is 11.9 Å². The maximum Gasteiger partial charge on any atom is 0.348 e. The van der Waals surface area contributed by atoms with E-state index in [9.17, 15) is 18.4 Å². The van der Waals surface area contributed by atoms with Crippen molar-refractivity contribution in [1.29, 1.82) is 0 Å². The van der Waals surface area contributed by atoms with Crippen molar-refractivity contribution >= 4 is 18.0 Å². The Morgan fingerprint density at radius 3 is 2.07 bits per heavy atom. The number of carbonyl (C=O) groups excluding carboxylic acids is 2. The second-order valence-electron chi connectivity index (χ2n) is 6.37. The van der Waals surface area contributed by atoms with Gasteiger partial charge < -0.3 is 14.2 Å². The van der Waals surface area contributed by atoms with Crippen LogP contribution in [0.5, 0.6) is 5.75 Å². The lowest BCUT2D eigenvalue weighted by molar-refractivity contribution is -0.222. The summed E-state index contributed by atoms with van der Waals surface area (Å²) < 4.78 is 41.7. The van der Waals surface area contributed by atoms with Crippen LogP contribution < -0.4 is 4.74 Å². The zero-order valence-electron chi connectivity index (χ0n) is 14.6. The third kappa shape index (κ3) is 4.69. The van der Waals surface area contributed by atoms with Crippen LogP contribution in [-0.4, -0.2) is 17.7 Å². The van der Waals surface area contributed by atoms with E-state index in [1.165, 1.54) is 19.9 Å². The molecule has 2 aromatic rings. The molecule has 1 saturated heterocycles. The van der Waals surface area contributed by atoms with Gasteiger partial charge in [0.1, 0.15) is 29.6 Å². The fraction of sp³-hybridized carbons (Fsp3) is 0.200. The molecule has 140 valence electrons. The van der Waals surface area contributed by atoms with E-state index in [0.717, 1.165) is 23.8 Å². The maximum atomic E-state index is 13.1. The molecule has 1 aliphatic heterocycles. The molecule has 7 heteroatoms. The van der Waals surface area contributed by atoms with E-state index < -0.39 is 29.4 Å². The maximum absolute atomic E-state index is 13.1. The Morgan fingerprint density at radius 1 is 0.963 bits per heavy atom. The van der Waals surface area contributed by atoms with Gasteiger partial charge in [0.15, 0.2) is 0 Å². The highest BCUT2D eigenvalue weighted by molar-refractivity contribution is 6.18. The predicted octanol–water partition coefficient (Wildman–Crippen LogP) is 3.76. The smallest absolute Gasteiger partial charge is 0.348 e. The summed E-state index contributed by atoms with van der Waals surface area (Å²) in [5.41, 5.74) is 1.12. The van der Waals surface area contributed by atoms with Crippen molar-refractivity contribution in [1.82, 2.24) is 0 Å². The average Bonchev–Trinajstić information content (AvgIpc) is 2.56. The number of cyclic esters (lactones) is 2. The first-order chi connectivity index (χ1) is 12.7. The van der Waals surface area contributed by atoms with Crippen LogP contribution in [0.4, 0.5) is 8.78 Å². The molecule has 0 unspecified atom stereocenters. The molecular weight excluding hydrogens is 358 g/mol. The van der Waals surface area contributed by atoms with Crippen LogP contribution in [0.15, 0.2) is 48.0 Å². The first kappa shape index (κ1) is 18.6. The van der Waals surface area contributed by atoms with E-state index in [1.807, 2.05) is 0 Å². The van der Waals surface area contributed by atoms with E-state index in [0.29, 0.717) is 5.56 Å². The number of rotatable bonds is 4. The minimum atomic E-state index is -1.29. The summed E-state index contributed by atoms with van der Waals surface area (Å²) in [7, 11) is 0. The Bertz CT molecular complexity index is 874. The number of carbonyl (C=O) groups is 2. The van der Waals surface area contributed by atoms with Gasteiger partial charge in [0.2, 0.25) is 0 Å². The Hall–Kier alpha value is -3.22. The van der Waals surface area contributed by atoms with Crippen molar-refractivity contribution < 1.29 is 32.6 Å². The Balaban J connectivity index is 1.68. The standard InChI is InChI=1S/C20H16F2O5/c1-20(2)26-18(23)17(19(24)27-20)7-12-3-5-13(6-4-12)11-25-16-9-14(21)8-15(22)10-16/h3-10H,11H2,1-2H3. The van der Waals surface area contributed by atoms with Gasteiger partial charge in [-0.2, -0.15) is 0 Å². The zero-order valence-corrected chi connectivity index (χ0v) is 14.6. The lowest BCUT2D eigenvalue weighted by atomic mass is 10.1. The molecular formula is C20H16F2O5. The molecule has 1 aliphatic rings. The lowest BCUT2D eigenvalue weighted by Gasteiger charge is -2.29. The van der Waals surface area contributed by atoms with Crippen LogP contribution in [0.25, 0.3) is 6.08 Å². The van der Waals surface area contributed by atoms with Gasteiger partial charge in [0.25, 0.3) is 5.79 Å². The molecule has 0 amide bonds. The number of hydrogen-bond acceptors (Lipinski definition) is 5. The molecule has 1 heterocycles. The van der Waals surface area contributed by atoms with Crippen molar-refractivity contribution in [3.05, 3.63) is 70.8 Å². The highest BCUT2D eigenvalue weighted by Gasteiger charge is 2.38. The highest BCUT2D eigenvalue weighted by atomic mass is 19.1. The topological polar surface area (TPSA) is 61.8 Å². The van der Waals surface area contributed by atoms with Crippen LogP contribution in [0, 0.1) is 11.6 Å². The first-order valence-corrected chi connectivity index (χ1v) is 8.08. The van der Waals surface area contributed by atoms with Gasteiger partial charge in [-0.05, 0) is 17.2 Å².